The number of benzene rings is 2. The van der Waals surface area contributed by atoms with Gasteiger partial charge in [0, 0.05) is 33.8 Å². The fraction of sp³-hybridized carbons (Fsp3) is 0.667. The summed E-state index contributed by atoms with van der Waals surface area (Å²) < 4.78 is 0. The molecule has 0 aromatic heterocycles. The first-order chi connectivity index (χ1) is 24.0. The molecule has 0 saturated heterocycles. The van der Waals surface area contributed by atoms with E-state index in [0.717, 1.165) is 18.6 Å². The van der Waals surface area contributed by atoms with E-state index in [4.69, 9.17) is 0 Å². The van der Waals surface area contributed by atoms with E-state index in [0.29, 0.717) is 35.3 Å². The van der Waals surface area contributed by atoms with Crippen molar-refractivity contribution in [2.75, 3.05) is 16.0 Å². The summed E-state index contributed by atoms with van der Waals surface area (Å²) in [4.78, 5) is 4.37. The maximum Gasteiger partial charge on any atom is 0.0693 e. The average Bonchev–Trinajstić information content (AvgIpc) is 3.49. The molecule has 3 heteroatoms. The van der Waals surface area contributed by atoms with Crippen LogP contribution in [-0.4, -0.2) is 11.8 Å². The van der Waals surface area contributed by atoms with Gasteiger partial charge in [-0.3, -0.25) is 0 Å². The molecule has 1 aliphatic heterocycles. The Bertz CT molecular complexity index is 1600. The van der Waals surface area contributed by atoms with Crippen molar-refractivity contribution in [3.8, 4) is 0 Å². The highest BCUT2D eigenvalue weighted by Crippen LogP contribution is 2.56. The van der Waals surface area contributed by atoms with Gasteiger partial charge in [0.1, 0.15) is 0 Å². The minimum Gasteiger partial charge on any atom is -0.382 e. The lowest BCUT2D eigenvalue weighted by molar-refractivity contribution is 0.0174. The molecule has 51 heavy (non-hydrogen) atoms. The first kappa shape index (κ1) is 38.6. The molecule has 2 aromatic rings. The first-order valence-corrected chi connectivity index (χ1v) is 21.8. The number of hydrogen-bond donors (Lipinski definition) is 1. The molecule has 2 aromatic carbocycles. The highest BCUT2D eigenvalue weighted by atomic mass is 32.2. The molecule has 4 unspecified atom stereocenters. The monoisotopic (exact) mass is 709 g/mol. The van der Waals surface area contributed by atoms with Crippen molar-refractivity contribution in [2.45, 2.75) is 181 Å². The van der Waals surface area contributed by atoms with Gasteiger partial charge in [-0.15, -0.1) is 18.3 Å². The number of fused-ring (bicyclic) bond motifs is 2. The molecule has 0 bridgehead atoms. The fourth-order valence-corrected chi connectivity index (χ4v) is 11.5. The highest BCUT2D eigenvalue weighted by Gasteiger charge is 2.46. The molecular weight excluding hydrogens is 637 g/mol. The Morgan fingerprint density at radius 1 is 0.882 bits per heavy atom. The molecule has 6 rings (SSSR count). The lowest BCUT2D eigenvalue weighted by atomic mass is 9.55. The summed E-state index contributed by atoms with van der Waals surface area (Å²) in [7, 11) is 0. The largest absolute Gasteiger partial charge is 0.382 e. The van der Waals surface area contributed by atoms with E-state index in [1.807, 2.05) is 0 Å². The number of thioether (sulfide) groups is 1. The van der Waals surface area contributed by atoms with Crippen molar-refractivity contribution in [2.24, 2.45) is 22.7 Å². The van der Waals surface area contributed by atoms with Gasteiger partial charge in [-0.1, -0.05) is 107 Å². The van der Waals surface area contributed by atoms with E-state index in [2.05, 4.69) is 147 Å². The average molecular weight is 709 g/mol. The van der Waals surface area contributed by atoms with E-state index in [9.17, 15) is 0 Å². The van der Waals surface area contributed by atoms with Gasteiger partial charge in [-0.25, -0.2) is 0 Å². The lowest BCUT2D eigenvalue weighted by Gasteiger charge is -2.51. The Labute approximate surface area is 318 Å². The quantitative estimate of drug-likeness (QED) is 0.247. The maximum atomic E-state index is 4.06. The minimum atomic E-state index is 0.193. The van der Waals surface area contributed by atoms with Crippen LogP contribution < -0.4 is 10.2 Å². The number of nitrogens with one attached hydrogen (secondary N) is 1. The van der Waals surface area contributed by atoms with Crippen molar-refractivity contribution in [3.05, 3.63) is 77.0 Å². The molecule has 4 atom stereocenters. The van der Waals surface area contributed by atoms with E-state index < -0.39 is 0 Å². The Morgan fingerprint density at radius 2 is 1.53 bits per heavy atom. The maximum absolute atomic E-state index is 4.06. The summed E-state index contributed by atoms with van der Waals surface area (Å²) in [6.45, 7) is 31.4. The number of rotatable bonds is 10. The third-order valence-corrected chi connectivity index (χ3v) is 15.6. The summed E-state index contributed by atoms with van der Waals surface area (Å²) >= 11 is 2.10. The summed E-state index contributed by atoms with van der Waals surface area (Å²) in [5, 5.41) is 3.93. The van der Waals surface area contributed by atoms with E-state index in [1.54, 1.807) is 16.7 Å². The van der Waals surface area contributed by atoms with Gasteiger partial charge in [0.25, 0.3) is 0 Å². The standard InChI is InChI=1S/C48H72N2S/c1-13-18-32(3)49-36-25-35(34-19-16-15-17-20-34)26-38(27-36)50(37(14-2)28-40-33(4)45(5,6)21-22-46(40,7)8)43-31-51-44-30-42-41(29-39(43)44)47(9,10)23-24-48(42,11)12/h13,25-30,32-34,40,43,49H,1,14-24,31H2,2-12H3/b37-28+. The van der Waals surface area contributed by atoms with Crippen LogP contribution >= 0.6 is 11.8 Å². The number of allylic oxidation sites excluding steroid dienone is 2. The van der Waals surface area contributed by atoms with Crippen LogP contribution in [0.3, 0.4) is 0 Å². The van der Waals surface area contributed by atoms with E-state index in [1.165, 1.54) is 85.3 Å². The van der Waals surface area contributed by atoms with Gasteiger partial charge < -0.3 is 10.2 Å². The van der Waals surface area contributed by atoms with Crippen molar-refractivity contribution >= 4 is 23.1 Å². The fourth-order valence-electron chi connectivity index (χ4n) is 10.3. The van der Waals surface area contributed by atoms with Crippen LogP contribution in [0, 0.1) is 22.7 Å². The molecule has 3 aliphatic carbocycles. The molecule has 0 radical (unpaired) electrons. The smallest absolute Gasteiger partial charge is 0.0693 e. The van der Waals surface area contributed by atoms with Crippen molar-refractivity contribution in [1.82, 2.24) is 0 Å². The molecule has 1 N–H and O–H groups in total. The molecule has 280 valence electrons. The molecule has 2 saturated carbocycles. The van der Waals surface area contributed by atoms with Gasteiger partial charge in [-0.2, -0.15) is 0 Å². The zero-order valence-corrected chi connectivity index (χ0v) is 35.3. The second-order valence-electron chi connectivity index (χ2n) is 19.9. The molecule has 0 spiro atoms. The van der Waals surface area contributed by atoms with Crippen LogP contribution in [0.2, 0.25) is 0 Å². The molecule has 4 aliphatic rings. The molecule has 2 fully saturated rings. The third kappa shape index (κ3) is 7.77. The second-order valence-corrected chi connectivity index (χ2v) is 21.0. The van der Waals surface area contributed by atoms with Gasteiger partial charge in [0.15, 0.2) is 0 Å². The third-order valence-electron chi connectivity index (χ3n) is 14.4. The molecule has 0 amide bonds. The zero-order valence-electron chi connectivity index (χ0n) is 34.5. The Morgan fingerprint density at radius 3 is 2.18 bits per heavy atom. The lowest BCUT2D eigenvalue weighted by Crippen LogP contribution is -2.42. The second kappa shape index (κ2) is 14.6. The summed E-state index contributed by atoms with van der Waals surface area (Å²) in [6.07, 6.45) is 18.6. The summed E-state index contributed by atoms with van der Waals surface area (Å²) in [5.74, 6) is 2.88. The van der Waals surface area contributed by atoms with E-state index >= 15 is 0 Å². The van der Waals surface area contributed by atoms with Crippen LogP contribution in [-0.2, 0) is 10.8 Å². The van der Waals surface area contributed by atoms with Gasteiger partial charge in [0.05, 0.1) is 6.04 Å². The predicted molar refractivity (Wildman–Crippen MR) is 226 cm³/mol. The SMILES string of the molecule is C=CCC(C)Nc1cc(C2CCCCC2)cc(N(/C(=C/C2C(C)C(C)(C)CCC2(C)C)CC)C2CSc3cc4c(cc32)C(C)(C)CCC4(C)C)c1. The minimum absolute atomic E-state index is 0.193. The number of hydrogen-bond acceptors (Lipinski definition) is 3. The number of nitrogens with zero attached hydrogens (tertiary/aromatic N) is 1. The van der Waals surface area contributed by atoms with Gasteiger partial charge in [-0.05, 0) is 144 Å². The number of anilines is 2. The van der Waals surface area contributed by atoms with Crippen molar-refractivity contribution in [1.29, 1.82) is 0 Å². The van der Waals surface area contributed by atoms with E-state index in [-0.39, 0.29) is 16.2 Å². The topological polar surface area (TPSA) is 15.3 Å². The van der Waals surface area contributed by atoms with Crippen LogP contribution in [0.4, 0.5) is 11.4 Å². The molecular formula is C48H72N2S. The summed E-state index contributed by atoms with van der Waals surface area (Å²) in [6, 6.07) is 13.6. The van der Waals surface area contributed by atoms with Crippen molar-refractivity contribution in [3.63, 3.8) is 0 Å². The zero-order chi connectivity index (χ0) is 36.9. The Hall–Kier alpha value is -2.13. The normalized spacial score (nSPS) is 27.3. The van der Waals surface area contributed by atoms with Gasteiger partial charge >= 0.3 is 0 Å². The summed E-state index contributed by atoms with van der Waals surface area (Å²) in [5.41, 5.74) is 11.5. The van der Waals surface area contributed by atoms with Crippen LogP contribution in [0.1, 0.15) is 181 Å². The van der Waals surface area contributed by atoms with Gasteiger partial charge in [0.2, 0.25) is 0 Å². The molecule has 1 heterocycles. The Balaban J connectivity index is 1.55. The highest BCUT2D eigenvalue weighted by molar-refractivity contribution is 7.99. The Kier molecular flexibility index (Phi) is 11.0. The van der Waals surface area contributed by atoms with Crippen LogP contribution in [0.5, 0.6) is 0 Å². The predicted octanol–water partition coefficient (Wildman–Crippen LogP) is 14.5. The molecule has 2 nitrogen and oxygen atoms in total. The van der Waals surface area contributed by atoms with Crippen LogP contribution in [0.25, 0.3) is 0 Å². The van der Waals surface area contributed by atoms with Crippen LogP contribution in [0.15, 0.2) is 59.7 Å². The van der Waals surface area contributed by atoms with Crippen molar-refractivity contribution < 1.29 is 0 Å². The first-order valence-electron chi connectivity index (χ1n) is 20.8.